The minimum Gasteiger partial charge on any atom is -0.495 e. The summed E-state index contributed by atoms with van der Waals surface area (Å²) in [5, 5.41) is 12.7. The number of carbonyl (C=O) groups excluding carboxylic acids is 2. The van der Waals surface area contributed by atoms with Crippen LogP contribution in [0.4, 0.5) is 5.69 Å². The zero-order chi connectivity index (χ0) is 25.1. The number of carbonyl (C=O) groups is 2. The Morgan fingerprint density at radius 1 is 1.26 bits per heavy atom. The molecule has 1 aromatic rings. The molecule has 8 atom stereocenters. The topological polar surface area (TPSA) is 88.5 Å². The summed E-state index contributed by atoms with van der Waals surface area (Å²) in [6.07, 6.45) is 1.50. The molecule has 1 aromatic carbocycles. The molecule has 0 aromatic heterocycles. The zero-order valence-electron chi connectivity index (χ0n) is 20.8. The van der Waals surface area contributed by atoms with E-state index in [9.17, 15) is 14.7 Å². The van der Waals surface area contributed by atoms with Gasteiger partial charge in [0.2, 0.25) is 5.60 Å². The molecule has 1 unspecified atom stereocenters. The van der Waals surface area contributed by atoms with Crippen molar-refractivity contribution in [1.82, 2.24) is 4.90 Å². The van der Waals surface area contributed by atoms with Gasteiger partial charge >= 0.3 is 11.9 Å². The number of ether oxygens (including phenoxy) is 3. The maximum Gasteiger partial charge on any atom is 0.344 e. The molecular weight excluding hydrogens is 516 g/mol. The first-order chi connectivity index (χ1) is 16.6. The normalized spacial score (nSPS) is 42.5. The van der Waals surface area contributed by atoms with Gasteiger partial charge < -0.3 is 24.2 Å². The molecule has 1 spiro atoms. The first kappa shape index (κ1) is 23.6. The van der Waals surface area contributed by atoms with Gasteiger partial charge in [0.05, 0.1) is 24.7 Å². The highest BCUT2D eigenvalue weighted by molar-refractivity contribution is 9.10. The van der Waals surface area contributed by atoms with Crippen LogP contribution in [0.25, 0.3) is 0 Å². The molecule has 9 heteroatoms. The van der Waals surface area contributed by atoms with Crippen molar-refractivity contribution in [2.45, 2.75) is 62.3 Å². The SMILES string of the molecule is CC[C@]12[C@@H]3C[C@@H]3CN3CC[C@@]4(c5cc(Br)c(OC)cc5N(C)[C@H]4C(O)(C(=O)OC)[C@@H]1OC(C)=O)[C@@H]32. The molecule has 8 nitrogen and oxygen atoms in total. The number of piperidine rings is 1. The molecule has 0 amide bonds. The predicted octanol–water partition coefficient (Wildman–Crippen LogP) is 2.48. The molecule has 2 saturated heterocycles. The first-order valence-corrected chi connectivity index (χ1v) is 13.2. The van der Waals surface area contributed by atoms with Crippen molar-refractivity contribution in [2.24, 2.45) is 17.3 Å². The fourth-order valence-corrected chi connectivity index (χ4v) is 9.58. The Hall–Kier alpha value is -1.84. The summed E-state index contributed by atoms with van der Waals surface area (Å²) in [7, 11) is 4.84. The van der Waals surface area contributed by atoms with Gasteiger partial charge in [0.25, 0.3) is 0 Å². The van der Waals surface area contributed by atoms with Crippen molar-refractivity contribution in [1.29, 1.82) is 0 Å². The molecule has 3 heterocycles. The van der Waals surface area contributed by atoms with E-state index in [1.165, 1.54) is 14.0 Å². The Morgan fingerprint density at radius 2 is 2.00 bits per heavy atom. The van der Waals surface area contributed by atoms with Gasteiger partial charge in [0.15, 0.2) is 6.10 Å². The number of hydrogen-bond acceptors (Lipinski definition) is 8. The van der Waals surface area contributed by atoms with E-state index in [0.29, 0.717) is 18.1 Å². The van der Waals surface area contributed by atoms with Gasteiger partial charge in [0.1, 0.15) is 5.75 Å². The van der Waals surface area contributed by atoms with Gasteiger partial charge in [-0.15, -0.1) is 0 Å². The van der Waals surface area contributed by atoms with Crippen molar-refractivity contribution < 1.29 is 28.9 Å². The maximum atomic E-state index is 13.7. The second kappa shape index (κ2) is 7.35. The predicted molar refractivity (Wildman–Crippen MR) is 131 cm³/mol. The maximum absolute atomic E-state index is 13.7. The fraction of sp³-hybridized carbons (Fsp3) is 0.692. The highest BCUT2D eigenvalue weighted by Crippen LogP contribution is 2.74. The summed E-state index contributed by atoms with van der Waals surface area (Å²) in [6, 6.07) is 3.44. The summed E-state index contributed by atoms with van der Waals surface area (Å²) in [5.74, 6) is 0.213. The van der Waals surface area contributed by atoms with Crippen LogP contribution in [0.3, 0.4) is 0 Å². The quantitative estimate of drug-likeness (QED) is 0.574. The van der Waals surface area contributed by atoms with E-state index in [2.05, 4.69) is 33.8 Å². The highest BCUT2D eigenvalue weighted by Gasteiger charge is 2.84. The van der Waals surface area contributed by atoms with E-state index in [1.54, 1.807) is 7.11 Å². The molecular formula is C26H33BrN2O6. The minimum absolute atomic E-state index is 0.0204. The van der Waals surface area contributed by atoms with Crippen LogP contribution in [0, 0.1) is 17.3 Å². The highest BCUT2D eigenvalue weighted by atomic mass is 79.9. The second-order valence-corrected chi connectivity index (χ2v) is 11.9. The summed E-state index contributed by atoms with van der Waals surface area (Å²) in [5.41, 5.74) is -1.13. The molecule has 5 aliphatic rings. The Morgan fingerprint density at radius 3 is 2.63 bits per heavy atom. The van der Waals surface area contributed by atoms with Crippen LogP contribution >= 0.6 is 15.9 Å². The first-order valence-electron chi connectivity index (χ1n) is 12.5. The van der Waals surface area contributed by atoms with Crippen molar-refractivity contribution in [3.8, 4) is 5.75 Å². The van der Waals surface area contributed by atoms with Crippen LogP contribution in [0.5, 0.6) is 5.75 Å². The van der Waals surface area contributed by atoms with E-state index < -0.39 is 40.5 Å². The summed E-state index contributed by atoms with van der Waals surface area (Å²) < 4.78 is 17.8. The molecule has 6 rings (SSSR count). The number of nitrogens with zero attached hydrogens (tertiary/aromatic N) is 2. The Kier molecular flexibility index (Phi) is 4.95. The fourth-order valence-electron chi connectivity index (χ4n) is 9.08. The molecule has 35 heavy (non-hydrogen) atoms. The van der Waals surface area contributed by atoms with E-state index in [1.807, 2.05) is 18.0 Å². The molecule has 4 fully saturated rings. The van der Waals surface area contributed by atoms with Crippen LogP contribution in [-0.4, -0.2) is 80.1 Å². The van der Waals surface area contributed by atoms with Crippen molar-refractivity contribution in [2.75, 3.05) is 39.3 Å². The molecule has 3 aliphatic heterocycles. The second-order valence-electron chi connectivity index (χ2n) is 11.1. The van der Waals surface area contributed by atoms with Gasteiger partial charge in [-0.3, -0.25) is 9.69 Å². The average molecular weight is 549 g/mol. The van der Waals surface area contributed by atoms with E-state index in [4.69, 9.17) is 14.2 Å². The standard InChI is InChI=1S/C26H33BrN2O6/c1-6-24-15-9-14(15)12-29-8-7-25(20(24)29)16-10-17(27)19(33-4)11-18(16)28(3)21(25)26(32,23(31)34-5)22(24)35-13(2)30/h10-11,14-15,20-22,32H,6-9,12H2,1-5H3/t14-,15-,20+,21-,22-,24-,25-,26?/m1/s1. The number of halogens is 1. The number of methoxy groups -OCH3 is 2. The lowest BCUT2D eigenvalue weighted by Crippen LogP contribution is -2.82. The summed E-state index contributed by atoms with van der Waals surface area (Å²) >= 11 is 3.69. The largest absolute Gasteiger partial charge is 0.495 e. The van der Waals surface area contributed by atoms with E-state index >= 15 is 0 Å². The van der Waals surface area contributed by atoms with Crippen molar-refractivity contribution >= 4 is 33.6 Å². The Labute approximate surface area is 214 Å². The number of rotatable bonds is 4. The van der Waals surface area contributed by atoms with Crippen LogP contribution in [0.1, 0.15) is 38.7 Å². The molecule has 2 saturated carbocycles. The van der Waals surface area contributed by atoms with Gasteiger partial charge in [-0.2, -0.15) is 0 Å². The molecule has 0 bridgehead atoms. The third kappa shape index (κ3) is 2.55. The van der Waals surface area contributed by atoms with Gasteiger partial charge in [-0.1, -0.05) is 6.92 Å². The Bertz CT molecular complexity index is 1130. The lowest BCUT2D eigenvalue weighted by atomic mass is 9.46. The number of aliphatic hydroxyl groups is 1. The third-order valence-corrected chi connectivity index (χ3v) is 10.6. The summed E-state index contributed by atoms with van der Waals surface area (Å²) in [6.45, 7) is 5.35. The van der Waals surface area contributed by atoms with E-state index in [0.717, 1.165) is 41.7 Å². The number of likely N-dealkylation sites (N-methyl/N-ethyl adjacent to an activating group) is 1. The summed E-state index contributed by atoms with van der Waals surface area (Å²) in [4.78, 5) is 30.8. The van der Waals surface area contributed by atoms with Crippen molar-refractivity contribution in [3.63, 3.8) is 0 Å². The third-order valence-electron chi connectivity index (χ3n) is 10.00. The van der Waals surface area contributed by atoms with Crippen LogP contribution in [-0.2, 0) is 24.5 Å². The molecule has 1 N–H and O–H groups in total. The molecule has 2 aliphatic carbocycles. The number of hydrogen-bond donors (Lipinski definition) is 1. The number of esters is 2. The van der Waals surface area contributed by atoms with Crippen LogP contribution in [0.15, 0.2) is 16.6 Å². The zero-order valence-corrected chi connectivity index (χ0v) is 22.4. The number of anilines is 1. The van der Waals surface area contributed by atoms with E-state index in [-0.39, 0.29) is 12.0 Å². The lowest BCUT2D eigenvalue weighted by Gasteiger charge is -2.65. The van der Waals surface area contributed by atoms with Crippen LogP contribution in [0.2, 0.25) is 0 Å². The molecule has 190 valence electrons. The molecule has 0 radical (unpaired) electrons. The monoisotopic (exact) mass is 548 g/mol. The van der Waals surface area contributed by atoms with Crippen molar-refractivity contribution in [3.05, 3.63) is 22.2 Å². The lowest BCUT2D eigenvalue weighted by molar-refractivity contribution is -0.245. The smallest absolute Gasteiger partial charge is 0.344 e. The Balaban J connectivity index is 1.70. The number of fused-ring (bicyclic) bond motifs is 3. The van der Waals surface area contributed by atoms with Gasteiger partial charge in [0, 0.05) is 49.1 Å². The average Bonchev–Trinajstić information content (AvgIpc) is 3.47. The van der Waals surface area contributed by atoms with Crippen LogP contribution < -0.4 is 9.64 Å². The van der Waals surface area contributed by atoms with Gasteiger partial charge in [-0.25, -0.2) is 4.79 Å². The van der Waals surface area contributed by atoms with Gasteiger partial charge in [-0.05, 0) is 65.2 Å². The number of benzene rings is 1. The minimum atomic E-state index is -2.04.